The molecule has 0 fully saturated rings. The summed E-state index contributed by atoms with van der Waals surface area (Å²) in [5, 5.41) is 6.67. The van der Waals surface area contributed by atoms with Gasteiger partial charge in [-0.3, -0.25) is 4.90 Å². The monoisotopic (exact) mass is 344 g/mol. The maximum absolute atomic E-state index is 5.55. The van der Waals surface area contributed by atoms with Gasteiger partial charge < -0.3 is 19.8 Å². The van der Waals surface area contributed by atoms with E-state index in [1.54, 1.807) is 13.4 Å². The summed E-state index contributed by atoms with van der Waals surface area (Å²) >= 11 is 0. The van der Waals surface area contributed by atoms with E-state index >= 15 is 0 Å². The van der Waals surface area contributed by atoms with Gasteiger partial charge in [-0.2, -0.15) is 0 Å². The first-order valence-corrected chi connectivity index (χ1v) is 8.49. The van der Waals surface area contributed by atoms with Gasteiger partial charge in [0.1, 0.15) is 11.5 Å². The molecule has 2 rings (SSSR count). The Bertz CT molecular complexity index is 653. The lowest BCUT2D eigenvalue weighted by Crippen LogP contribution is -2.41. The molecule has 0 aliphatic carbocycles. The average Bonchev–Trinajstić information content (AvgIpc) is 3.14. The molecule has 1 aromatic heterocycles. The Hall–Kier alpha value is -2.47. The third-order valence-corrected chi connectivity index (χ3v) is 3.90. The number of nitrogens with zero attached hydrogens (tertiary/aromatic N) is 2. The van der Waals surface area contributed by atoms with Gasteiger partial charge in [-0.1, -0.05) is 18.2 Å². The summed E-state index contributed by atoms with van der Waals surface area (Å²) in [5.74, 6) is 2.55. The summed E-state index contributed by atoms with van der Waals surface area (Å²) in [6.45, 7) is 4.09. The van der Waals surface area contributed by atoms with Crippen LogP contribution in [0.4, 0.5) is 0 Å². The van der Waals surface area contributed by atoms with Crippen molar-refractivity contribution >= 4 is 5.96 Å². The number of ether oxygens (including phenoxy) is 1. The van der Waals surface area contributed by atoms with Crippen molar-refractivity contribution in [3.63, 3.8) is 0 Å². The molecule has 2 aromatic rings. The van der Waals surface area contributed by atoms with E-state index in [2.05, 4.69) is 27.4 Å². The molecule has 0 aliphatic heterocycles. The Morgan fingerprint density at radius 2 is 2.00 bits per heavy atom. The second-order valence-corrected chi connectivity index (χ2v) is 5.88. The number of guanidine groups is 1. The van der Waals surface area contributed by atoms with Crippen LogP contribution in [0, 0.1) is 0 Å². The lowest BCUT2D eigenvalue weighted by atomic mass is 10.2. The van der Waals surface area contributed by atoms with Crippen molar-refractivity contribution in [1.82, 2.24) is 15.5 Å². The molecule has 25 heavy (non-hydrogen) atoms. The molecule has 0 spiro atoms. The quantitative estimate of drug-likeness (QED) is 0.569. The number of aliphatic imine (C=N–C) groups is 1. The molecule has 136 valence electrons. The van der Waals surface area contributed by atoms with Crippen LogP contribution in [0.5, 0.6) is 5.75 Å². The van der Waals surface area contributed by atoms with Gasteiger partial charge in [0.2, 0.25) is 0 Å². The van der Waals surface area contributed by atoms with Gasteiger partial charge in [-0.15, -0.1) is 0 Å². The molecule has 0 radical (unpaired) electrons. The lowest BCUT2D eigenvalue weighted by Gasteiger charge is -2.23. The second-order valence-electron chi connectivity index (χ2n) is 5.88. The molecule has 2 N–H and O–H groups in total. The van der Waals surface area contributed by atoms with E-state index in [1.165, 1.54) is 0 Å². The molecule has 1 heterocycles. The minimum Gasteiger partial charge on any atom is -0.496 e. The molecular formula is C19H28N4O2. The molecule has 1 atom stereocenters. The zero-order valence-corrected chi connectivity index (χ0v) is 15.5. The van der Waals surface area contributed by atoms with Crippen molar-refractivity contribution in [3.05, 3.63) is 54.0 Å². The molecule has 6 heteroatoms. The predicted octanol–water partition coefficient (Wildman–Crippen LogP) is 2.65. The highest BCUT2D eigenvalue weighted by Gasteiger charge is 2.17. The highest BCUT2D eigenvalue weighted by atomic mass is 16.5. The van der Waals surface area contributed by atoms with Crippen LogP contribution in [0.2, 0.25) is 0 Å². The van der Waals surface area contributed by atoms with Crippen LogP contribution in [-0.2, 0) is 6.54 Å². The standard InChI is InChI=1S/C19H28N4O2/c1-5-20-19(21-13-15-9-6-7-10-17(15)24-4)22-14-16(23(2)3)18-11-8-12-25-18/h6-12,16H,5,13-14H2,1-4H3,(H2,20,21,22). The third kappa shape index (κ3) is 5.53. The van der Waals surface area contributed by atoms with Gasteiger partial charge in [-0.05, 0) is 39.2 Å². The molecular weight excluding hydrogens is 316 g/mol. The number of nitrogens with one attached hydrogen (secondary N) is 2. The summed E-state index contributed by atoms with van der Waals surface area (Å²) in [5.41, 5.74) is 1.05. The van der Waals surface area contributed by atoms with Crippen LogP contribution in [0.1, 0.15) is 24.3 Å². The van der Waals surface area contributed by atoms with E-state index in [0.29, 0.717) is 13.1 Å². The second kappa shape index (κ2) is 9.74. The predicted molar refractivity (Wildman–Crippen MR) is 101 cm³/mol. The van der Waals surface area contributed by atoms with E-state index < -0.39 is 0 Å². The highest BCUT2D eigenvalue weighted by Crippen LogP contribution is 2.19. The number of para-hydroxylation sites is 1. The van der Waals surface area contributed by atoms with E-state index in [1.807, 2.05) is 50.5 Å². The van der Waals surface area contributed by atoms with Gasteiger partial charge in [0.05, 0.1) is 26.0 Å². The Morgan fingerprint density at radius 3 is 2.64 bits per heavy atom. The van der Waals surface area contributed by atoms with E-state index in [4.69, 9.17) is 9.15 Å². The van der Waals surface area contributed by atoms with Gasteiger partial charge >= 0.3 is 0 Å². The number of hydrogen-bond acceptors (Lipinski definition) is 4. The first-order chi connectivity index (χ1) is 12.2. The molecule has 0 amide bonds. The van der Waals surface area contributed by atoms with Crippen LogP contribution < -0.4 is 15.4 Å². The number of hydrogen-bond donors (Lipinski definition) is 2. The van der Waals surface area contributed by atoms with Crippen molar-refractivity contribution in [2.45, 2.75) is 19.5 Å². The van der Waals surface area contributed by atoms with Crippen LogP contribution in [0.15, 0.2) is 52.1 Å². The minimum atomic E-state index is 0.130. The Labute approximate surface area is 149 Å². The fourth-order valence-electron chi connectivity index (χ4n) is 2.55. The number of methoxy groups -OCH3 is 1. The number of benzene rings is 1. The van der Waals surface area contributed by atoms with Crippen LogP contribution in [-0.4, -0.2) is 45.2 Å². The summed E-state index contributed by atoms with van der Waals surface area (Å²) in [6.07, 6.45) is 1.70. The van der Waals surface area contributed by atoms with E-state index in [9.17, 15) is 0 Å². The molecule has 0 saturated heterocycles. The normalized spacial score (nSPS) is 12.9. The average molecular weight is 344 g/mol. The molecule has 1 unspecified atom stereocenters. The van der Waals surface area contributed by atoms with Crippen LogP contribution in [0.3, 0.4) is 0 Å². The number of likely N-dealkylation sites (N-methyl/N-ethyl adjacent to an activating group) is 1. The molecule has 0 aliphatic rings. The summed E-state index contributed by atoms with van der Waals surface area (Å²) in [4.78, 5) is 6.79. The smallest absolute Gasteiger partial charge is 0.191 e. The molecule has 0 bridgehead atoms. The Balaban J connectivity index is 2.04. The van der Waals surface area contributed by atoms with Crippen molar-refractivity contribution in [1.29, 1.82) is 0 Å². The van der Waals surface area contributed by atoms with Crippen LogP contribution in [0.25, 0.3) is 0 Å². The minimum absolute atomic E-state index is 0.130. The largest absolute Gasteiger partial charge is 0.496 e. The fraction of sp³-hybridized carbons (Fsp3) is 0.421. The van der Waals surface area contributed by atoms with E-state index in [-0.39, 0.29) is 6.04 Å². The first kappa shape index (κ1) is 18.9. The number of furan rings is 1. The number of rotatable bonds is 8. The maximum atomic E-state index is 5.55. The zero-order valence-electron chi connectivity index (χ0n) is 15.5. The summed E-state index contributed by atoms with van der Waals surface area (Å²) < 4.78 is 10.9. The molecule has 0 saturated carbocycles. The van der Waals surface area contributed by atoms with Crippen LogP contribution >= 0.6 is 0 Å². The fourth-order valence-corrected chi connectivity index (χ4v) is 2.55. The summed E-state index contributed by atoms with van der Waals surface area (Å²) in [6, 6.07) is 12.0. The van der Waals surface area contributed by atoms with Crippen molar-refractivity contribution in [2.75, 3.05) is 34.3 Å². The van der Waals surface area contributed by atoms with Crippen molar-refractivity contribution in [2.24, 2.45) is 4.99 Å². The Morgan fingerprint density at radius 1 is 1.20 bits per heavy atom. The summed E-state index contributed by atoms with van der Waals surface area (Å²) in [7, 11) is 5.75. The van der Waals surface area contributed by atoms with Gasteiger partial charge in [0.15, 0.2) is 5.96 Å². The third-order valence-electron chi connectivity index (χ3n) is 3.90. The highest BCUT2D eigenvalue weighted by molar-refractivity contribution is 5.79. The SMILES string of the molecule is CCNC(=NCc1ccccc1OC)NCC(c1ccco1)N(C)C. The van der Waals surface area contributed by atoms with Crippen molar-refractivity contribution < 1.29 is 9.15 Å². The van der Waals surface area contributed by atoms with E-state index in [0.717, 1.165) is 29.6 Å². The zero-order chi connectivity index (χ0) is 18.1. The topological polar surface area (TPSA) is 62.0 Å². The molecule has 6 nitrogen and oxygen atoms in total. The Kier molecular flexibility index (Phi) is 7.35. The lowest BCUT2D eigenvalue weighted by molar-refractivity contribution is 0.258. The van der Waals surface area contributed by atoms with Gasteiger partial charge in [0.25, 0.3) is 0 Å². The first-order valence-electron chi connectivity index (χ1n) is 8.49. The van der Waals surface area contributed by atoms with Gasteiger partial charge in [-0.25, -0.2) is 4.99 Å². The molecule has 1 aromatic carbocycles. The van der Waals surface area contributed by atoms with Crippen molar-refractivity contribution in [3.8, 4) is 5.75 Å². The van der Waals surface area contributed by atoms with Gasteiger partial charge in [0, 0.05) is 18.7 Å². The maximum Gasteiger partial charge on any atom is 0.191 e.